The summed E-state index contributed by atoms with van der Waals surface area (Å²) in [5.74, 6) is 1.61. The zero-order valence-electron chi connectivity index (χ0n) is 11.8. The molecule has 1 aliphatic rings. The first-order valence-corrected chi connectivity index (χ1v) is 7.05. The molecule has 1 rings (SSSR count). The Kier molecular flexibility index (Phi) is 5.77. The van der Waals surface area contributed by atoms with Gasteiger partial charge in [0.15, 0.2) is 0 Å². The third-order valence-corrected chi connectivity index (χ3v) is 4.24. The van der Waals surface area contributed by atoms with E-state index in [0.29, 0.717) is 6.04 Å². The van der Waals surface area contributed by atoms with Crippen molar-refractivity contribution in [3.63, 3.8) is 0 Å². The van der Waals surface area contributed by atoms with E-state index >= 15 is 0 Å². The van der Waals surface area contributed by atoms with Crippen molar-refractivity contribution in [1.82, 2.24) is 10.2 Å². The van der Waals surface area contributed by atoms with Crippen molar-refractivity contribution in [2.24, 2.45) is 11.8 Å². The fourth-order valence-electron chi connectivity index (χ4n) is 2.41. The second-order valence-electron chi connectivity index (χ2n) is 5.75. The van der Waals surface area contributed by atoms with Gasteiger partial charge in [0, 0.05) is 31.7 Å². The Balaban J connectivity index is 2.51. The van der Waals surface area contributed by atoms with Gasteiger partial charge >= 0.3 is 0 Å². The number of nitrogens with one attached hydrogen (secondary N) is 1. The number of rotatable bonds is 5. The molecule has 0 saturated carbocycles. The number of hydrogen-bond acceptors (Lipinski definition) is 2. The lowest BCUT2D eigenvalue weighted by molar-refractivity contribution is 0.0988. The van der Waals surface area contributed by atoms with E-state index in [4.69, 9.17) is 0 Å². The van der Waals surface area contributed by atoms with Crippen LogP contribution in [-0.4, -0.2) is 36.6 Å². The van der Waals surface area contributed by atoms with Crippen LogP contribution in [0.15, 0.2) is 0 Å². The Bertz CT molecular complexity index is 191. The van der Waals surface area contributed by atoms with Gasteiger partial charge in [-0.1, -0.05) is 34.6 Å². The van der Waals surface area contributed by atoms with Crippen LogP contribution in [0, 0.1) is 11.8 Å². The van der Waals surface area contributed by atoms with Crippen molar-refractivity contribution in [3.05, 3.63) is 0 Å². The van der Waals surface area contributed by atoms with Crippen molar-refractivity contribution in [3.8, 4) is 0 Å². The van der Waals surface area contributed by atoms with Crippen LogP contribution in [-0.2, 0) is 0 Å². The topological polar surface area (TPSA) is 15.3 Å². The van der Waals surface area contributed by atoms with Gasteiger partial charge in [-0.25, -0.2) is 0 Å². The molecule has 1 heterocycles. The van der Waals surface area contributed by atoms with Crippen LogP contribution in [0.1, 0.15) is 47.5 Å². The van der Waals surface area contributed by atoms with Crippen molar-refractivity contribution in [1.29, 1.82) is 0 Å². The van der Waals surface area contributed by atoms with Crippen LogP contribution in [0.5, 0.6) is 0 Å². The predicted molar refractivity (Wildman–Crippen MR) is 71.7 cm³/mol. The fraction of sp³-hybridized carbons (Fsp3) is 1.00. The van der Waals surface area contributed by atoms with E-state index in [0.717, 1.165) is 17.9 Å². The summed E-state index contributed by atoms with van der Waals surface area (Å²) in [5.41, 5.74) is 0. The van der Waals surface area contributed by atoms with Crippen molar-refractivity contribution in [2.75, 3.05) is 19.6 Å². The third kappa shape index (κ3) is 3.74. The monoisotopic (exact) mass is 226 g/mol. The average molecular weight is 226 g/mol. The molecule has 0 aromatic heterocycles. The third-order valence-electron chi connectivity index (χ3n) is 4.24. The molecule has 1 aliphatic heterocycles. The van der Waals surface area contributed by atoms with Gasteiger partial charge in [0.05, 0.1) is 0 Å². The maximum atomic E-state index is 3.66. The Morgan fingerprint density at radius 3 is 2.38 bits per heavy atom. The van der Waals surface area contributed by atoms with E-state index in [-0.39, 0.29) is 0 Å². The lowest BCUT2D eigenvalue weighted by Crippen LogP contribution is -2.57. The first kappa shape index (κ1) is 14.0. The molecule has 16 heavy (non-hydrogen) atoms. The highest BCUT2D eigenvalue weighted by Gasteiger charge is 2.27. The zero-order chi connectivity index (χ0) is 12.1. The quantitative estimate of drug-likeness (QED) is 0.775. The molecule has 0 aromatic rings. The maximum absolute atomic E-state index is 3.66. The van der Waals surface area contributed by atoms with Gasteiger partial charge in [0.2, 0.25) is 0 Å². The molecule has 1 N–H and O–H groups in total. The summed E-state index contributed by atoms with van der Waals surface area (Å²) in [5, 5.41) is 3.66. The van der Waals surface area contributed by atoms with Gasteiger partial charge in [0.25, 0.3) is 0 Å². The van der Waals surface area contributed by atoms with Gasteiger partial charge in [-0.05, 0) is 24.7 Å². The van der Waals surface area contributed by atoms with Gasteiger partial charge in [-0.3, -0.25) is 4.90 Å². The maximum Gasteiger partial charge on any atom is 0.0218 e. The molecule has 0 radical (unpaired) electrons. The molecule has 96 valence electrons. The van der Waals surface area contributed by atoms with Crippen LogP contribution in [0.2, 0.25) is 0 Å². The number of nitrogens with zero attached hydrogens (tertiary/aromatic N) is 1. The minimum absolute atomic E-state index is 0.710. The number of piperazine rings is 1. The van der Waals surface area contributed by atoms with Gasteiger partial charge in [0.1, 0.15) is 0 Å². The van der Waals surface area contributed by atoms with Crippen LogP contribution in [0.25, 0.3) is 0 Å². The highest BCUT2D eigenvalue weighted by atomic mass is 15.2. The summed E-state index contributed by atoms with van der Waals surface area (Å²) in [6.07, 6.45) is 2.53. The Labute approximate surface area is 102 Å². The highest BCUT2D eigenvalue weighted by Crippen LogP contribution is 2.18. The van der Waals surface area contributed by atoms with E-state index in [2.05, 4.69) is 44.8 Å². The highest BCUT2D eigenvalue weighted by molar-refractivity contribution is 4.85. The molecule has 0 amide bonds. The number of hydrogen-bond donors (Lipinski definition) is 1. The normalized spacial score (nSPS) is 29.6. The lowest BCUT2D eigenvalue weighted by atomic mass is 9.95. The Morgan fingerprint density at radius 1 is 1.19 bits per heavy atom. The summed E-state index contributed by atoms with van der Waals surface area (Å²) >= 11 is 0. The summed E-state index contributed by atoms with van der Waals surface area (Å²) in [6.45, 7) is 15.4. The van der Waals surface area contributed by atoms with E-state index in [1.807, 2.05) is 0 Å². The minimum atomic E-state index is 0.710. The molecule has 1 saturated heterocycles. The van der Waals surface area contributed by atoms with E-state index in [1.165, 1.54) is 32.5 Å². The second kappa shape index (κ2) is 6.61. The van der Waals surface area contributed by atoms with Gasteiger partial charge < -0.3 is 5.32 Å². The van der Waals surface area contributed by atoms with E-state index < -0.39 is 0 Å². The molecule has 0 spiro atoms. The SMILES string of the molecule is CCC1CN(CC(C)C(C)C)C(CC)CN1. The predicted octanol–water partition coefficient (Wildman–Crippen LogP) is 2.74. The molecular weight excluding hydrogens is 196 g/mol. The van der Waals surface area contributed by atoms with Crippen molar-refractivity contribution >= 4 is 0 Å². The fourth-order valence-corrected chi connectivity index (χ4v) is 2.41. The summed E-state index contributed by atoms with van der Waals surface area (Å²) < 4.78 is 0. The molecule has 3 unspecified atom stereocenters. The standard InChI is InChI=1S/C14H30N2/c1-6-13-10-16(9-12(5)11(3)4)14(7-2)8-15-13/h11-15H,6-10H2,1-5H3. The molecule has 3 atom stereocenters. The van der Waals surface area contributed by atoms with Crippen LogP contribution in [0.4, 0.5) is 0 Å². The summed E-state index contributed by atoms with van der Waals surface area (Å²) in [6, 6.07) is 1.46. The van der Waals surface area contributed by atoms with E-state index in [9.17, 15) is 0 Å². The van der Waals surface area contributed by atoms with Crippen molar-refractivity contribution in [2.45, 2.75) is 59.5 Å². The van der Waals surface area contributed by atoms with Crippen LogP contribution in [0.3, 0.4) is 0 Å². The molecule has 2 nitrogen and oxygen atoms in total. The zero-order valence-corrected chi connectivity index (χ0v) is 11.8. The van der Waals surface area contributed by atoms with E-state index in [1.54, 1.807) is 0 Å². The molecule has 2 heteroatoms. The first-order chi connectivity index (χ1) is 7.58. The van der Waals surface area contributed by atoms with Gasteiger partial charge in [-0.2, -0.15) is 0 Å². The lowest BCUT2D eigenvalue weighted by Gasteiger charge is -2.41. The Hall–Kier alpha value is -0.0800. The molecule has 1 fully saturated rings. The van der Waals surface area contributed by atoms with Crippen LogP contribution >= 0.6 is 0 Å². The smallest absolute Gasteiger partial charge is 0.0218 e. The van der Waals surface area contributed by atoms with Crippen molar-refractivity contribution < 1.29 is 0 Å². The molecular formula is C14H30N2. The average Bonchev–Trinajstić information content (AvgIpc) is 2.28. The summed E-state index contributed by atoms with van der Waals surface area (Å²) in [4.78, 5) is 2.72. The Morgan fingerprint density at radius 2 is 1.88 bits per heavy atom. The molecule has 0 bridgehead atoms. The second-order valence-corrected chi connectivity index (χ2v) is 5.75. The van der Waals surface area contributed by atoms with Gasteiger partial charge in [-0.15, -0.1) is 0 Å². The summed E-state index contributed by atoms with van der Waals surface area (Å²) in [7, 11) is 0. The molecule has 0 aliphatic carbocycles. The molecule has 0 aromatic carbocycles. The largest absolute Gasteiger partial charge is 0.311 e. The van der Waals surface area contributed by atoms with Crippen LogP contribution < -0.4 is 5.32 Å². The minimum Gasteiger partial charge on any atom is -0.311 e. The first-order valence-electron chi connectivity index (χ1n) is 7.05.